The molecule has 0 radical (unpaired) electrons. The minimum atomic E-state index is -4.01. The third-order valence-corrected chi connectivity index (χ3v) is 5.18. The Balaban J connectivity index is 0.00000288. The normalized spacial score (nSPS) is 10.5. The number of methoxy groups -OCH3 is 1. The number of aromatic nitrogens is 3. The van der Waals surface area contributed by atoms with Gasteiger partial charge in [-0.1, -0.05) is 12.1 Å². The number of nitrogens with zero attached hydrogens (tertiary/aromatic N) is 3. The molecule has 24 heavy (non-hydrogen) atoms. The molecule has 0 unspecified atom stereocenters. The van der Waals surface area contributed by atoms with Gasteiger partial charge in [-0.05, 0) is 41.6 Å². The van der Waals surface area contributed by atoms with Crippen LogP contribution in [0, 0.1) is 10.5 Å². The standard InChI is InChI=1S/C12H12IN5O4S.Na.H/c1-7-14-10(17-12(15-7)22-2)16-11(19)18-23(20,21)9-6-4-3-5-8(9)13;;/h3-6H,1-2H3,(H2,14,15,16,17,18,19);;/q;+1;-1. The number of nitrogens with one attached hydrogen (secondary N) is 2. The summed E-state index contributed by atoms with van der Waals surface area (Å²) in [7, 11) is -2.65. The average Bonchev–Trinajstić information content (AvgIpc) is 2.46. The summed E-state index contributed by atoms with van der Waals surface area (Å²) in [6, 6.07) is 5.29. The van der Waals surface area contributed by atoms with E-state index >= 15 is 0 Å². The number of benzene rings is 1. The van der Waals surface area contributed by atoms with Crippen LogP contribution in [0.25, 0.3) is 0 Å². The Morgan fingerprint density at radius 3 is 2.54 bits per heavy atom. The van der Waals surface area contributed by atoms with Gasteiger partial charge in [-0.25, -0.2) is 17.9 Å². The fraction of sp³-hybridized carbons (Fsp3) is 0.167. The zero-order valence-corrected chi connectivity index (χ0v) is 18.0. The van der Waals surface area contributed by atoms with Crippen LogP contribution in [-0.4, -0.2) is 36.5 Å². The summed E-state index contributed by atoms with van der Waals surface area (Å²) in [5.74, 6) is 0.192. The molecule has 0 saturated heterocycles. The van der Waals surface area contributed by atoms with Crippen molar-refractivity contribution in [1.29, 1.82) is 0 Å². The maximum Gasteiger partial charge on any atom is 1.00 e. The van der Waals surface area contributed by atoms with Gasteiger partial charge < -0.3 is 6.16 Å². The number of ether oxygens (including phenoxy) is 1. The summed E-state index contributed by atoms with van der Waals surface area (Å²) in [6.07, 6.45) is 0. The number of sulfonamides is 1. The fourth-order valence-corrected chi connectivity index (χ4v) is 3.82. The summed E-state index contributed by atoms with van der Waals surface area (Å²) in [6.45, 7) is 1.58. The van der Waals surface area contributed by atoms with E-state index in [1.54, 1.807) is 25.1 Å². The van der Waals surface area contributed by atoms with E-state index in [0.717, 1.165) is 0 Å². The van der Waals surface area contributed by atoms with Crippen LogP contribution < -0.4 is 44.3 Å². The topological polar surface area (TPSA) is 123 Å². The summed E-state index contributed by atoms with van der Waals surface area (Å²) in [5, 5.41) is 2.23. The maximum atomic E-state index is 12.2. The van der Waals surface area contributed by atoms with Crippen LogP contribution in [0.5, 0.6) is 6.01 Å². The molecule has 0 aliphatic heterocycles. The van der Waals surface area contributed by atoms with Crippen molar-refractivity contribution < 1.29 is 48.9 Å². The number of aryl methyl sites for hydroxylation is 1. The van der Waals surface area contributed by atoms with Crippen molar-refractivity contribution in [3.63, 3.8) is 0 Å². The predicted molar refractivity (Wildman–Crippen MR) is 90.7 cm³/mol. The van der Waals surface area contributed by atoms with Gasteiger partial charge in [0, 0.05) is 3.57 Å². The fourth-order valence-electron chi connectivity index (χ4n) is 1.57. The number of amides is 2. The summed E-state index contributed by atoms with van der Waals surface area (Å²) < 4.78 is 31.6. The molecule has 0 atom stereocenters. The molecular weight excluding hydrogens is 460 g/mol. The van der Waals surface area contributed by atoms with Crippen molar-refractivity contribution in [2.45, 2.75) is 11.8 Å². The minimum Gasteiger partial charge on any atom is -1.00 e. The third-order valence-electron chi connectivity index (χ3n) is 2.49. The van der Waals surface area contributed by atoms with Gasteiger partial charge in [-0.2, -0.15) is 15.0 Å². The van der Waals surface area contributed by atoms with Crippen LogP contribution in [0.2, 0.25) is 0 Å². The van der Waals surface area contributed by atoms with E-state index in [1.165, 1.54) is 13.2 Å². The summed E-state index contributed by atoms with van der Waals surface area (Å²) in [5.41, 5.74) is 0. The van der Waals surface area contributed by atoms with Gasteiger partial charge in [0.2, 0.25) is 5.95 Å². The number of carbonyl (C=O) groups excluding carboxylic acids is 1. The van der Waals surface area contributed by atoms with Crippen molar-refractivity contribution in [2.24, 2.45) is 0 Å². The van der Waals surface area contributed by atoms with Gasteiger partial charge in [0.1, 0.15) is 10.7 Å². The Morgan fingerprint density at radius 1 is 1.25 bits per heavy atom. The second kappa shape index (κ2) is 8.89. The van der Waals surface area contributed by atoms with Crippen LogP contribution in [-0.2, 0) is 10.0 Å². The molecule has 1 aromatic heterocycles. The molecule has 9 nitrogen and oxygen atoms in total. The van der Waals surface area contributed by atoms with Gasteiger partial charge in [-0.15, -0.1) is 0 Å². The van der Waals surface area contributed by atoms with Gasteiger partial charge in [0.15, 0.2) is 0 Å². The van der Waals surface area contributed by atoms with Crippen LogP contribution in [0.15, 0.2) is 29.2 Å². The van der Waals surface area contributed by atoms with Crippen molar-refractivity contribution in [1.82, 2.24) is 19.7 Å². The molecule has 2 amide bonds. The van der Waals surface area contributed by atoms with Gasteiger partial charge in [-0.3, -0.25) is 5.32 Å². The molecule has 2 aromatic rings. The number of halogens is 1. The molecule has 1 aromatic carbocycles. The molecule has 2 rings (SSSR count). The minimum absolute atomic E-state index is 0. The zero-order chi connectivity index (χ0) is 17.0. The number of urea groups is 1. The molecule has 0 spiro atoms. The summed E-state index contributed by atoms with van der Waals surface area (Å²) >= 11 is 1.87. The third kappa shape index (κ3) is 5.51. The van der Waals surface area contributed by atoms with Crippen LogP contribution in [0.4, 0.5) is 10.7 Å². The molecule has 12 heteroatoms. The quantitative estimate of drug-likeness (QED) is 0.406. The molecule has 2 N–H and O–H groups in total. The second-order valence-electron chi connectivity index (χ2n) is 4.18. The Bertz CT molecular complexity index is 855. The number of rotatable bonds is 4. The molecule has 0 aliphatic rings. The van der Waals surface area contributed by atoms with Gasteiger partial charge in [0.25, 0.3) is 10.0 Å². The Labute approximate surface area is 176 Å². The number of hydrogen-bond donors (Lipinski definition) is 2. The van der Waals surface area contributed by atoms with E-state index < -0.39 is 16.1 Å². The largest absolute Gasteiger partial charge is 1.00 e. The first kappa shape index (κ1) is 21.0. The molecular formula is C12H13IN5NaO4S. The molecule has 0 bridgehead atoms. The van der Waals surface area contributed by atoms with Gasteiger partial charge in [0.05, 0.1) is 7.11 Å². The first-order chi connectivity index (χ1) is 10.8. The Hall–Kier alpha value is -1.02. The molecule has 0 aliphatic carbocycles. The van der Waals surface area contributed by atoms with E-state index in [1.807, 2.05) is 27.3 Å². The SMILES string of the molecule is COc1nc(C)nc(NC(=O)NS(=O)(=O)c2ccccc2I)n1.[H-].[Na+]. The van der Waals surface area contributed by atoms with Gasteiger partial charge >= 0.3 is 41.6 Å². The van der Waals surface area contributed by atoms with E-state index in [4.69, 9.17) is 4.74 Å². The number of carbonyl (C=O) groups is 1. The van der Waals surface area contributed by atoms with Crippen molar-refractivity contribution >= 4 is 44.6 Å². The predicted octanol–water partition coefficient (Wildman–Crippen LogP) is -1.58. The molecule has 124 valence electrons. The van der Waals surface area contributed by atoms with Crippen LogP contribution in [0.1, 0.15) is 7.25 Å². The second-order valence-corrected chi connectivity index (χ2v) is 7.00. The number of anilines is 1. The van der Waals surface area contributed by atoms with E-state index in [9.17, 15) is 13.2 Å². The number of hydrogen-bond acceptors (Lipinski definition) is 7. The van der Waals surface area contributed by atoms with Crippen molar-refractivity contribution in [2.75, 3.05) is 12.4 Å². The first-order valence-corrected chi connectivity index (χ1v) is 8.73. The van der Waals surface area contributed by atoms with E-state index in [-0.39, 0.29) is 47.8 Å². The maximum absolute atomic E-state index is 12.2. The van der Waals surface area contributed by atoms with E-state index in [0.29, 0.717) is 9.39 Å². The monoisotopic (exact) mass is 473 g/mol. The van der Waals surface area contributed by atoms with Crippen molar-refractivity contribution in [3.8, 4) is 6.01 Å². The molecule has 0 saturated carbocycles. The van der Waals surface area contributed by atoms with Crippen molar-refractivity contribution in [3.05, 3.63) is 33.7 Å². The average molecular weight is 473 g/mol. The van der Waals surface area contributed by atoms with Crippen LogP contribution >= 0.6 is 22.6 Å². The van der Waals surface area contributed by atoms with E-state index in [2.05, 4.69) is 20.3 Å². The molecule has 0 fully saturated rings. The molecule has 1 heterocycles. The zero-order valence-electron chi connectivity index (χ0n) is 14.1. The van der Waals surface area contributed by atoms with Crippen LogP contribution in [0.3, 0.4) is 0 Å². The Kier molecular flexibility index (Phi) is 7.79. The first-order valence-electron chi connectivity index (χ1n) is 6.17. The smallest absolute Gasteiger partial charge is 1.00 e. The summed E-state index contributed by atoms with van der Waals surface area (Å²) in [4.78, 5) is 23.4. The Morgan fingerprint density at radius 2 is 1.92 bits per heavy atom.